The maximum atomic E-state index is 11.9. The van der Waals surface area contributed by atoms with E-state index < -0.39 is 0 Å². The number of rotatable bonds is 3. The molecule has 3 nitrogen and oxygen atoms in total. The van der Waals surface area contributed by atoms with E-state index in [4.69, 9.17) is 0 Å². The van der Waals surface area contributed by atoms with Crippen LogP contribution in [-0.2, 0) is 9.53 Å². The van der Waals surface area contributed by atoms with Crippen LogP contribution in [0.15, 0.2) is 28.7 Å². The van der Waals surface area contributed by atoms with Crippen molar-refractivity contribution in [3.63, 3.8) is 0 Å². The zero-order chi connectivity index (χ0) is 11.7. The lowest BCUT2D eigenvalue weighted by atomic mass is 10.1. The van der Waals surface area contributed by atoms with E-state index in [9.17, 15) is 9.59 Å². The van der Waals surface area contributed by atoms with E-state index in [-0.39, 0.29) is 23.6 Å². The van der Waals surface area contributed by atoms with Gasteiger partial charge in [0.2, 0.25) is 0 Å². The van der Waals surface area contributed by atoms with Crippen molar-refractivity contribution >= 4 is 27.7 Å². The van der Waals surface area contributed by atoms with Gasteiger partial charge in [0.25, 0.3) is 0 Å². The Morgan fingerprint density at radius 1 is 1.25 bits per heavy atom. The highest BCUT2D eigenvalue weighted by Crippen LogP contribution is 2.41. The molecule has 1 aromatic rings. The molecule has 16 heavy (non-hydrogen) atoms. The van der Waals surface area contributed by atoms with Crippen LogP contribution in [0.25, 0.3) is 0 Å². The number of Topliss-reactive ketones (excluding diaryl/α,β-unsaturated/α-hetero) is 1. The van der Waals surface area contributed by atoms with Crippen LogP contribution in [0.5, 0.6) is 0 Å². The summed E-state index contributed by atoms with van der Waals surface area (Å²) in [5.41, 5.74) is 0.652. The molecule has 0 N–H and O–H groups in total. The molecule has 0 spiro atoms. The fourth-order valence-electron chi connectivity index (χ4n) is 1.72. The second-order valence-electron chi connectivity index (χ2n) is 3.84. The smallest absolute Gasteiger partial charge is 0.309 e. The zero-order valence-electron chi connectivity index (χ0n) is 8.77. The topological polar surface area (TPSA) is 43.4 Å². The van der Waals surface area contributed by atoms with Gasteiger partial charge in [-0.05, 0) is 18.6 Å². The lowest BCUT2D eigenvalue weighted by Gasteiger charge is -2.00. The highest BCUT2D eigenvalue weighted by molar-refractivity contribution is 9.10. The normalized spacial score (nSPS) is 22.6. The summed E-state index contributed by atoms with van der Waals surface area (Å²) in [5, 5.41) is 0. The number of hydrogen-bond donors (Lipinski definition) is 0. The third-order valence-corrected chi connectivity index (χ3v) is 3.29. The van der Waals surface area contributed by atoms with Gasteiger partial charge in [-0.3, -0.25) is 9.59 Å². The van der Waals surface area contributed by atoms with E-state index in [1.165, 1.54) is 7.11 Å². The second kappa shape index (κ2) is 4.37. The third kappa shape index (κ3) is 2.16. The summed E-state index contributed by atoms with van der Waals surface area (Å²) in [5.74, 6) is -0.673. The van der Waals surface area contributed by atoms with Crippen molar-refractivity contribution < 1.29 is 14.3 Å². The number of carbonyl (C=O) groups is 2. The molecule has 0 aromatic heterocycles. The minimum Gasteiger partial charge on any atom is -0.469 e. The fourth-order valence-corrected chi connectivity index (χ4v) is 1.99. The van der Waals surface area contributed by atoms with Crippen molar-refractivity contribution in [3.05, 3.63) is 34.3 Å². The number of halogens is 1. The summed E-state index contributed by atoms with van der Waals surface area (Å²) in [6.45, 7) is 0. The summed E-state index contributed by atoms with van der Waals surface area (Å²) >= 11 is 3.31. The van der Waals surface area contributed by atoms with Crippen LogP contribution < -0.4 is 0 Å². The highest BCUT2D eigenvalue weighted by Gasteiger charge is 2.48. The molecule has 84 valence electrons. The minimum atomic E-state index is -0.282. The predicted octanol–water partition coefficient (Wildman–Crippen LogP) is 2.44. The minimum absolute atomic E-state index is 0.0305. The van der Waals surface area contributed by atoms with Crippen LogP contribution >= 0.6 is 15.9 Å². The molecule has 0 saturated heterocycles. The molecule has 0 heterocycles. The van der Waals surface area contributed by atoms with Crippen molar-refractivity contribution in [2.45, 2.75) is 6.42 Å². The van der Waals surface area contributed by atoms with Gasteiger partial charge < -0.3 is 4.74 Å². The standard InChI is InChI=1S/C12H11BrO3/c1-16-12(15)10-6-9(10)11(14)7-2-4-8(13)5-3-7/h2-5,9-10H,6H2,1H3/t9-,10-/m1/s1. The monoisotopic (exact) mass is 282 g/mol. The Bertz CT molecular complexity index is 424. The Morgan fingerprint density at radius 3 is 2.44 bits per heavy atom. The average Bonchev–Trinajstić information content (AvgIpc) is 3.08. The predicted molar refractivity (Wildman–Crippen MR) is 62.1 cm³/mol. The van der Waals surface area contributed by atoms with Crippen LogP contribution in [0, 0.1) is 11.8 Å². The molecule has 0 aliphatic heterocycles. The van der Waals surface area contributed by atoms with Crippen molar-refractivity contribution in [1.29, 1.82) is 0 Å². The van der Waals surface area contributed by atoms with Gasteiger partial charge in [-0.25, -0.2) is 0 Å². The van der Waals surface area contributed by atoms with Crippen LogP contribution in [0.2, 0.25) is 0 Å². The number of ether oxygens (including phenoxy) is 1. The molecule has 0 amide bonds. The van der Waals surface area contributed by atoms with Gasteiger partial charge in [0.05, 0.1) is 13.0 Å². The lowest BCUT2D eigenvalue weighted by Crippen LogP contribution is -2.10. The van der Waals surface area contributed by atoms with E-state index in [1.807, 2.05) is 12.1 Å². The SMILES string of the molecule is COC(=O)[C@@H]1C[C@H]1C(=O)c1ccc(Br)cc1. The van der Waals surface area contributed by atoms with Gasteiger partial charge >= 0.3 is 5.97 Å². The van der Waals surface area contributed by atoms with Gasteiger partial charge in [0.1, 0.15) is 0 Å². The number of esters is 1. The molecule has 0 radical (unpaired) electrons. The summed E-state index contributed by atoms with van der Waals surface area (Å²) in [6, 6.07) is 7.17. The first-order valence-corrected chi connectivity index (χ1v) is 5.80. The largest absolute Gasteiger partial charge is 0.469 e. The molecule has 2 atom stereocenters. The van der Waals surface area contributed by atoms with Crippen molar-refractivity contribution in [3.8, 4) is 0 Å². The van der Waals surface area contributed by atoms with Crippen molar-refractivity contribution in [1.82, 2.24) is 0 Å². The molecule has 1 aromatic carbocycles. The number of carbonyl (C=O) groups excluding carboxylic acids is 2. The molecule has 1 aliphatic rings. The van der Waals surface area contributed by atoms with Crippen molar-refractivity contribution in [2.75, 3.05) is 7.11 Å². The number of ketones is 1. The quantitative estimate of drug-likeness (QED) is 0.632. The van der Waals surface area contributed by atoms with E-state index in [0.29, 0.717) is 12.0 Å². The maximum absolute atomic E-state index is 11.9. The molecule has 1 saturated carbocycles. The first kappa shape index (κ1) is 11.3. The van der Waals surface area contributed by atoms with E-state index >= 15 is 0 Å². The Balaban J connectivity index is 2.05. The summed E-state index contributed by atoms with van der Waals surface area (Å²) in [7, 11) is 1.35. The molecular weight excluding hydrogens is 272 g/mol. The van der Waals surface area contributed by atoms with Crippen LogP contribution in [0.4, 0.5) is 0 Å². The summed E-state index contributed by atoms with van der Waals surface area (Å²) in [6.07, 6.45) is 0.613. The van der Waals surface area contributed by atoms with E-state index in [2.05, 4.69) is 20.7 Å². The summed E-state index contributed by atoms with van der Waals surface area (Å²) in [4.78, 5) is 23.1. The molecule has 0 bridgehead atoms. The van der Waals surface area contributed by atoms with Gasteiger partial charge in [-0.2, -0.15) is 0 Å². The van der Waals surface area contributed by atoms with Gasteiger partial charge in [0.15, 0.2) is 5.78 Å². The number of methoxy groups -OCH3 is 1. The Labute approximate surface area is 102 Å². The fraction of sp³-hybridized carbons (Fsp3) is 0.333. The van der Waals surface area contributed by atoms with Gasteiger partial charge in [-0.1, -0.05) is 28.1 Å². The van der Waals surface area contributed by atoms with Crippen LogP contribution in [0.1, 0.15) is 16.8 Å². The first-order valence-electron chi connectivity index (χ1n) is 5.01. The van der Waals surface area contributed by atoms with Crippen molar-refractivity contribution in [2.24, 2.45) is 11.8 Å². The molecule has 0 unspecified atom stereocenters. The Morgan fingerprint density at radius 2 is 1.88 bits per heavy atom. The second-order valence-corrected chi connectivity index (χ2v) is 4.76. The molecule has 1 aliphatic carbocycles. The van der Waals surface area contributed by atoms with E-state index in [1.54, 1.807) is 12.1 Å². The Kier molecular flexibility index (Phi) is 3.10. The Hall–Kier alpha value is -1.16. The summed E-state index contributed by atoms with van der Waals surface area (Å²) < 4.78 is 5.55. The maximum Gasteiger partial charge on any atom is 0.309 e. The van der Waals surface area contributed by atoms with E-state index in [0.717, 1.165) is 4.47 Å². The molecular formula is C12H11BrO3. The highest BCUT2D eigenvalue weighted by atomic mass is 79.9. The number of hydrogen-bond acceptors (Lipinski definition) is 3. The first-order chi connectivity index (χ1) is 7.63. The van der Waals surface area contributed by atoms with Crippen LogP contribution in [0.3, 0.4) is 0 Å². The number of benzene rings is 1. The van der Waals surface area contributed by atoms with Crippen LogP contribution in [-0.4, -0.2) is 18.9 Å². The van der Waals surface area contributed by atoms with Gasteiger partial charge in [0, 0.05) is 16.0 Å². The third-order valence-electron chi connectivity index (χ3n) is 2.76. The zero-order valence-corrected chi connectivity index (χ0v) is 10.4. The molecule has 1 fully saturated rings. The molecule has 2 rings (SSSR count). The average molecular weight is 283 g/mol. The lowest BCUT2D eigenvalue weighted by molar-refractivity contribution is -0.142. The molecule has 4 heteroatoms. The van der Waals surface area contributed by atoms with Gasteiger partial charge in [-0.15, -0.1) is 0 Å².